The van der Waals surface area contributed by atoms with Crippen molar-refractivity contribution >= 4 is 17.6 Å². The molecule has 20 heavy (non-hydrogen) atoms. The molecule has 0 bridgehead atoms. The topological polar surface area (TPSA) is 83.5 Å². The third-order valence-electron chi connectivity index (χ3n) is 4.53. The monoisotopic (exact) mass is 281 g/mol. The van der Waals surface area contributed by atoms with Gasteiger partial charge in [-0.05, 0) is 31.1 Å². The van der Waals surface area contributed by atoms with Crippen LogP contribution in [0, 0.1) is 23.7 Å². The van der Waals surface area contributed by atoms with Crippen LogP contribution < -0.4 is 5.32 Å². The van der Waals surface area contributed by atoms with Crippen LogP contribution in [-0.2, 0) is 14.4 Å². The lowest BCUT2D eigenvalue weighted by atomic mass is 9.71. The van der Waals surface area contributed by atoms with Crippen molar-refractivity contribution in [2.24, 2.45) is 23.7 Å². The van der Waals surface area contributed by atoms with Crippen LogP contribution in [0.25, 0.3) is 0 Å². The number of carbonyl (C=O) groups excluding carboxylic acids is 3. The Kier molecular flexibility index (Phi) is 4.58. The van der Waals surface area contributed by atoms with Crippen LogP contribution in [0.15, 0.2) is 0 Å². The molecule has 5 heteroatoms. The fraction of sp³-hybridized carbons (Fsp3) is 0.800. The van der Waals surface area contributed by atoms with E-state index in [9.17, 15) is 19.5 Å². The first kappa shape index (κ1) is 15.2. The lowest BCUT2D eigenvalue weighted by molar-refractivity contribution is -0.136. The van der Waals surface area contributed by atoms with Crippen molar-refractivity contribution in [3.05, 3.63) is 0 Å². The van der Waals surface area contributed by atoms with Crippen molar-refractivity contribution in [1.82, 2.24) is 5.32 Å². The van der Waals surface area contributed by atoms with Gasteiger partial charge in [-0.3, -0.25) is 19.7 Å². The SMILES string of the molecule is C[C@@H]1CC(C(O)CC2CC(=O)NC(=O)C2)C(=O)[C@@H](C)C1. The smallest absolute Gasteiger partial charge is 0.226 e. The first-order chi connectivity index (χ1) is 9.36. The summed E-state index contributed by atoms with van der Waals surface area (Å²) in [7, 11) is 0. The summed E-state index contributed by atoms with van der Waals surface area (Å²) in [6, 6.07) is 0. The number of hydrogen-bond donors (Lipinski definition) is 2. The predicted molar refractivity (Wildman–Crippen MR) is 72.6 cm³/mol. The van der Waals surface area contributed by atoms with Crippen LogP contribution in [0.5, 0.6) is 0 Å². The lowest BCUT2D eigenvalue weighted by Crippen LogP contribution is -2.42. The third-order valence-corrected chi connectivity index (χ3v) is 4.53. The van der Waals surface area contributed by atoms with Crippen molar-refractivity contribution < 1.29 is 19.5 Å². The maximum Gasteiger partial charge on any atom is 0.226 e. The molecule has 1 aliphatic heterocycles. The van der Waals surface area contributed by atoms with Gasteiger partial charge in [-0.1, -0.05) is 13.8 Å². The fourth-order valence-corrected chi connectivity index (χ4v) is 3.60. The van der Waals surface area contributed by atoms with E-state index in [1.165, 1.54) is 0 Å². The molecule has 2 N–H and O–H groups in total. The van der Waals surface area contributed by atoms with Gasteiger partial charge in [0, 0.05) is 24.7 Å². The van der Waals surface area contributed by atoms with Crippen molar-refractivity contribution in [3.8, 4) is 0 Å². The summed E-state index contributed by atoms with van der Waals surface area (Å²) in [5.41, 5.74) is 0. The number of rotatable bonds is 3. The highest BCUT2D eigenvalue weighted by atomic mass is 16.3. The summed E-state index contributed by atoms with van der Waals surface area (Å²) in [4.78, 5) is 34.8. The molecule has 0 radical (unpaired) electrons. The first-order valence-electron chi connectivity index (χ1n) is 7.41. The third kappa shape index (κ3) is 3.45. The summed E-state index contributed by atoms with van der Waals surface area (Å²) >= 11 is 0. The number of piperidine rings is 1. The number of hydrogen-bond acceptors (Lipinski definition) is 4. The number of aliphatic hydroxyl groups is 1. The molecule has 0 aromatic carbocycles. The van der Waals surface area contributed by atoms with Crippen LogP contribution in [0.2, 0.25) is 0 Å². The molecule has 2 aliphatic rings. The predicted octanol–water partition coefficient (Wildman–Crippen LogP) is 1.04. The van der Waals surface area contributed by atoms with Crippen LogP contribution in [0.4, 0.5) is 0 Å². The van der Waals surface area contributed by atoms with Gasteiger partial charge < -0.3 is 5.11 Å². The van der Waals surface area contributed by atoms with E-state index >= 15 is 0 Å². The van der Waals surface area contributed by atoms with Gasteiger partial charge in [0.05, 0.1) is 6.10 Å². The van der Waals surface area contributed by atoms with E-state index in [4.69, 9.17) is 0 Å². The molecule has 112 valence electrons. The van der Waals surface area contributed by atoms with Gasteiger partial charge in [-0.25, -0.2) is 0 Å². The number of amides is 2. The standard InChI is InChI=1S/C15H23NO4/c1-8-3-9(2)15(20)11(4-8)12(17)5-10-6-13(18)16-14(19)7-10/h8-12,17H,3-7H2,1-2H3,(H,16,18,19)/t8-,9-,11?,12?/m0/s1. The second-order valence-corrected chi connectivity index (χ2v) is 6.54. The zero-order valence-electron chi connectivity index (χ0n) is 12.1. The molecule has 1 aliphatic carbocycles. The van der Waals surface area contributed by atoms with Crippen LogP contribution >= 0.6 is 0 Å². The molecule has 2 amide bonds. The summed E-state index contributed by atoms with van der Waals surface area (Å²) < 4.78 is 0. The molecule has 1 saturated carbocycles. The van der Waals surface area contributed by atoms with E-state index in [0.717, 1.165) is 6.42 Å². The minimum Gasteiger partial charge on any atom is -0.392 e. The lowest BCUT2D eigenvalue weighted by Gasteiger charge is -2.34. The molecule has 4 atom stereocenters. The van der Waals surface area contributed by atoms with Gasteiger partial charge in [0.25, 0.3) is 0 Å². The number of imide groups is 1. The zero-order chi connectivity index (χ0) is 14.9. The van der Waals surface area contributed by atoms with Gasteiger partial charge >= 0.3 is 0 Å². The van der Waals surface area contributed by atoms with E-state index < -0.39 is 6.10 Å². The Hall–Kier alpha value is -1.23. The van der Waals surface area contributed by atoms with Crippen LogP contribution in [-0.4, -0.2) is 28.8 Å². The van der Waals surface area contributed by atoms with E-state index in [0.29, 0.717) is 18.8 Å². The molecule has 1 heterocycles. The quantitative estimate of drug-likeness (QED) is 0.757. The van der Waals surface area contributed by atoms with Gasteiger partial charge in [0.2, 0.25) is 11.8 Å². The molecular formula is C15H23NO4. The molecular weight excluding hydrogens is 258 g/mol. The molecule has 2 fully saturated rings. The summed E-state index contributed by atoms with van der Waals surface area (Å²) in [6.07, 6.45) is 1.72. The average Bonchev–Trinajstić information content (AvgIpc) is 2.32. The highest BCUT2D eigenvalue weighted by Gasteiger charge is 2.38. The normalized spacial score (nSPS) is 34.0. The van der Waals surface area contributed by atoms with Gasteiger partial charge in [-0.15, -0.1) is 0 Å². The van der Waals surface area contributed by atoms with Gasteiger partial charge in [0.15, 0.2) is 0 Å². The van der Waals surface area contributed by atoms with Crippen molar-refractivity contribution in [2.75, 3.05) is 0 Å². The second kappa shape index (κ2) is 6.04. The summed E-state index contributed by atoms with van der Waals surface area (Å²) in [6.45, 7) is 4.01. The molecule has 5 nitrogen and oxygen atoms in total. The van der Waals surface area contributed by atoms with Crippen LogP contribution in [0.3, 0.4) is 0 Å². The van der Waals surface area contributed by atoms with Crippen molar-refractivity contribution in [1.29, 1.82) is 0 Å². The van der Waals surface area contributed by atoms with E-state index in [2.05, 4.69) is 12.2 Å². The highest BCUT2D eigenvalue weighted by molar-refractivity contribution is 5.97. The Balaban J connectivity index is 1.96. The maximum absolute atomic E-state index is 12.2. The molecule has 0 aromatic heterocycles. The highest BCUT2D eigenvalue weighted by Crippen LogP contribution is 2.34. The van der Waals surface area contributed by atoms with E-state index in [1.54, 1.807) is 0 Å². The average molecular weight is 281 g/mol. The van der Waals surface area contributed by atoms with Gasteiger partial charge in [0.1, 0.15) is 5.78 Å². The Morgan fingerprint density at radius 3 is 2.35 bits per heavy atom. The fourth-order valence-electron chi connectivity index (χ4n) is 3.60. The summed E-state index contributed by atoms with van der Waals surface area (Å²) in [5, 5.41) is 12.6. The van der Waals surface area contributed by atoms with Crippen molar-refractivity contribution in [2.45, 2.75) is 52.1 Å². The Labute approximate surface area is 119 Å². The number of Topliss-reactive ketones (excluding diaryl/α,β-unsaturated/α-hetero) is 1. The van der Waals surface area contributed by atoms with E-state index in [-0.39, 0.29) is 48.2 Å². The molecule has 0 aromatic rings. The number of carbonyl (C=O) groups is 3. The van der Waals surface area contributed by atoms with Gasteiger partial charge in [-0.2, -0.15) is 0 Å². The van der Waals surface area contributed by atoms with E-state index in [1.807, 2.05) is 6.92 Å². The Morgan fingerprint density at radius 2 is 1.75 bits per heavy atom. The maximum atomic E-state index is 12.2. The molecule has 2 rings (SSSR count). The number of nitrogens with one attached hydrogen (secondary N) is 1. The molecule has 2 unspecified atom stereocenters. The Morgan fingerprint density at radius 1 is 1.15 bits per heavy atom. The number of ketones is 1. The van der Waals surface area contributed by atoms with Crippen LogP contribution in [0.1, 0.15) is 46.0 Å². The Bertz CT molecular complexity index is 404. The zero-order valence-corrected chi connectivity index (χ0v) is 12.1. The molecule has 1 saturated heterocycles. The largest absolute Gasteiger partial charge is 0.392 e. The first-order valence-corrected chi connectivity index (χ1v) is 7.41. The molecule has 0 spiro atoms. The second-order valence-electron chi connectivity index (χ2n) is 6.54. The van der Waals surface area contributed by atoms with Crippen molar-refractivity contribution in [3.63, 3.8) is 0 Å². The number of aliphatic hydroxyl groups excluding tert-OH is 1. The minimum atomic E-state index is -0.739. The minimum absolute atomic E-state index is 0.00492. The summed E-state index contributed by atoms with van der Waals surface area (Å²) in [5.74, 6) is -0.499.